The van der Waals surface area contributed by atoms with Crippen LogP contribution in [0.4, 0.5) is 4.39 Å². The van der Waals surface area contributed by atoms with Crippen LogP contribution in [-0.4, -0.2) is 27.6 Å². The average Bonchev–Trinajstić information content (AvgIpc) is 3.09. The van der Waals surface area contributed by atoms with Crippen LogP contribution in [-0.2, 0) is 17.6 Å². The first-order valence-corrected chi connectivity index (χ1v) is 8.01. The van der Waals surface area contributed by atoms with Crippen LogP contribution in [0.25, 0.3) is 0 Å². The van der Waals surface area contributed by atoms with Crippen LogP contribution in [0, 0.1) is 5.82 Å². The maximum Gasteiger partial charge on any atom is 0.335 e. The average molecular weight is 367 g/mol. The van der Waals surface area contributed by atoms with Crippen molar-refractivity contribution in [3.05, 3.63) is 88.9 Å². The summed E-state index contributed by atoms with van der Waals surface area (Å²) in [6.07, 6.45) is 1.32. The Morgan fingerprint density at radius 2 is 1.70 bits per heavy atom. The van der Waals surface area contributed by atoms with Crippen molar-refractivity contribution in [3.8, 4) is 0 Å². The lowest BCUT2D eigenvalue weighted by atomic mass is 10.1. The number of hydrogen-bond donors (Lipinski definition) is 1. The van der Waals surface area contributed by atoms with E-state index in [-0.39, 0.29) is 23.5 Å². The van der Waals surface area contributed by atoms with E-state index in [1.54, 1.807) is 24.3 Å². The number of halogens is 1. The normalized spacial score (nSPS) is 10.6. The number of pyridine rings is 1. The molecule has 0 aliphatic rings. The summed E-state index contributed by atoms with van der Waals surface area (Å²) < 4.78 is 18.5. The highest BCUT2D eigenvalue weighted by Gasteiger charge is 2.21. The molecule has 0 saturated carbocycles. The van der Waals surface area contributed by atoms with Crippen molar-refractivity contribution in [1.82, 2.24) is 4.98 Å². The Morgan fingerprint density at radius 3 is 2.41 bits per heavy atom. The van der Waals surface area contributed by atoms with Crippen LogP contribution in [0.3, 0.4) is 0 Å². The molecule has 0 bridgehead atoms. The quantitative estimate of drug-likeness (QED) is 0.509. The third-order valence-corrected chi connectivity index (χ3v) is 3.84. The number of hydrogen-bond acceptors (Lipinski definition) is 5. The minimum Gasteiger partial charge on any atom is -0.478 e. The molecule has 6 nitrogen and oxygen atoms in total. The van der Waals surface area contributed by atoms with Crippen molar-refractivity contribution in [3.63, 3.8) is 0 Å². The minimum absolute atomic E-state index is 0.124. The topological polar surface area (TPSA) is 97.5 Å². The van der Waals surface area contributed by atoms with Gasteiger partial charge in [0.05, 0.1) is 12.0 Å². The second kappa shape index (κ2) is 7.74. The Hall–Kier alpha value is -3.61. The van der Waals surface area contributed by atoms with Gasteiger partial charge in [-0.15, -0.1) is 0 Å². The van der Waals surface area contributed by atoms with Gasteiger partial charge >= 0.3 is 5.97 Å². The summed E-state index contributed by atoms with van der Waals surface area (Å²) in [6.45, 7) is 0. The number of carboxylic acid groups (broad SMARTS) is 1. The van der Waals surface area contributed by atoms with Gasteiger partial charge in [0.1, 0.15) is 23.0 Å². The van der Waals surface area contributed by atoms with Gasteiger partial charge in [-0.2, -0.15) is 0 Å². The standard InChI is InChI=1S/C20H14FNO5/c21-14-3-1-12(2-4-14)9-15-5-6-16(27-15)11-18(23)19(24)17-10-13(20(25)26)7-8-22-17/h1-8,10H,9,11H2,(H,25,26). The van der Waals surface area contributed by atoms with Crippen molar-refractivity contribution >= 4 is 17.5 Å². The molecule has 0 radical (unpaired) electrons. The lowest BCUT2D eigenvalue weighted by Gasteiger charge is -2.01. The highest BCUT2D eigenvalue weighted by Crippen LogP contribution is 2.15. The molecule has 136 valence electrons. The maximum atomic E-state index is 12.9. The number of benzene rings is 1. The smallest absolute Gasteiger partial charge is 0.335 e. The Labute approximate surface area is 153 Å². The fourth-order valence-corrected chi connectivity index (χ4v) is 2.48. The molecule has 0 atom stereocenters. The van der Waals surface area contributed by atoms with Crippen LogP contribution >= 0.6 is 0 Å². The van der Waals surface area contributed by atoms with Crippen molar-refractivity contribution in [2.24, 2.45) is 0 Å². The number of aromatic carboxylic acids is 1. The summed E-state index contributed by atoms with van der Waals surface area (Å²) in [7, 11) is 0. The van der Waals surface area contributed by atoms with Crippen LogP contribution < -0.4 is 0 Å². The summed E-state index contributed by atoms with van der Waals surface area (Å²) in [6, 6.07) is 11.5. The monoisotopic (exact) mass is 367 g/mol. The molecule has 2 aromatic heterocycles. The lowest BCUT2D eigenvalue weighted by Crippen LogP contribution is -2.18. The van der Waals surface area contributed by atoms with Crippen LogP contribution in [0.1, 0.15) is 37.9 Å². The summed E-state index contributed by atoms with van der Waals surface area (Å²) in [5.74, 6) is -2.30. The molecule has 1 N–H and O–H groups in total. The third-order valence-electron chi connectivity index (χ3n) is 3.84. The molecule has 0 saturated heterocycles. The van der Waals surface area contributed by atoms with E-state index in [1.165, 1.54) is 18.2 Å². The van der Waals surface area contributed by atoms with Gasteiger partial charge in [0.25, 0.3) is 0 Å². The third kappa shape index (κ3) is 4.52. The van der Waals surface area contributed by atoms with E-state index in [0.717, 1.165) is 17.8 Å². The van der Waals surface area contributed by atoms with E-state index in [9.17, 15) is 18.8 Å². The number of carboxylic acids is 1. The highest BCUT2D eigenvalue weighted by molar-refractivity contribution is 6.43. The molecule has 1 aromatic carbocycles. The lowest BCUT2D eigenvalue weighted by molar-refractivity contribution is -0.114. The van der Waals surface area contributed by atoms with Gasteiger partial charge in [0.15, 0.2) is 0 Å². The molecule has 3 aromatic rings. The zero-order valence-corrected chi connectivity index (χ0v) is 14.0. The second-order valence-corrected chi connectivity index (χ2v) is 5.84. The van der Waals surface area contributed by atoms with E-state index >= 15 is 0 Å². The van der Waals surface area contributed by atoms with Gasteiger partial charge in [-0.1, -0.05) is 12.1 Å². The molecule has 0 spiro atoms. The predicted octanol–water partition coefficient (Wildman–Crippen LogP) is 3.10. The molecule has 0 fully saturated rings. The van der Waals surface area contributed by atoms with E-state index in [4.69, 9.17) is 9.52 Å². The molecular weight excluding hydrogens is 353 g/mol. The molecule has 0 amide bonds. The number of Topliss-reactive ketones (excluding diaryl/α,β-unsaturated/α-hetero) is 2. The van der Waals surface area contributed by atoms with E-state index < -0.39 is 17.5 Å². The summed E-state index contributed by atoms with van der Waals surface area (Å²) in [4.78, 5) is 39.0. The van der Waals surface area contributed by atoms with Gasteiger partial charge in [0.2, 0.25) is 11.6 Å². The van der Waals surface area contributed by atoms with Gasteiger partial charge < -0.3 is 9.52 Å². The summed E-state index contributed by atoms with van der Waals surface area (Å²) in [5, 5.41) is 8.94. The number of carbonyl (C=O) groups excluding carboxylic acids is 2. The second-order valence-electron chi connectivity index (χ2n) is 5.84. The van der Waals surface area contributed by atoms with Crippen molar-refractivity contribution in [2.45, 2.75) is 12.8 Å². The Bertz CT molecular complexity index is 1010. The molecule has 0 unspecified atom stereocenters. The van der Waals surface area contributed by atoms with Crippen LogP contribution in [0.15, 0.2) is 59.1 Å². The first-order valence-electron chi connectivity index (χ1n) is 8.01. The van der Waals surface area contributed by atoms with Crippen LogP contribution in [0.5, 0.6) is 0 Å². The van der Waals surface area contributed by atoms with Gasteiger partial charge in [-0.05, 0) is 42.0 Å². The molecule has 7 heteroatoms. The fraction of sp³-hybridized carbons (Fsp3) is 0.100. The number of carbonyl (C=O) groups is 3. The van der Waals surface area contributed by atoms with E-state index in [2.05, 4.69) is 4.98 Å². The summed E-state index contributed by atoms with van der Waals surface area (Å²) >= 11 is 0. The van der Waals surface area contributed by atoms with E-state index in [0.29, 0.717) is 17.9 Å². The summed E-state index contributed by atoms with van der Waals surface area (Å²) in [5.41, 5.74) is 0.494. The van der Waals surface area contributed by atoms with E-state index in [1.807, 2.05) is 0 Å². The van der Waals surface area contributed by atoms with Crippen molar-refractivity contribution in [2.75, 3.05) is 0 Å². The Balaban J connectivity index is 1.66. The van der Waals surface area contributed by atoms with Crippen molar-refractivity contribution in [1.29, 1.82) is 0 Å². The number of nitrogens with zero attached hydrogens (tertiary/aromatic N) is 1. The van der Waals surface area contributed by atoms with Gasteiger partial charge in [-0.25, -0.2) is 9.18 Å². The Kier molecular flexibility index (Phi) is 5.21. The first-order chi connectivity index (χ1) is 12.9. The largest absolute Gasteiger partial charge is 0.478 e. The zero-order chi connectivity index (χ0) is 19.4. The predicted molar refractivity (Wildman–Crippen MR) is 92.2 cm³/mol. The number of furan rings is 1. The first kappa shape index (κ1) is 18.2. The van der Waals surface area contributed by atoms with Gasteiger partial charge in [0, 0.05) is 12.6 Å². The molecular formula is C20H14FNO5. The molecule has 0 aliphatic heterocycles. The zero-order valence-electron chi connectivity index (χ0n) is 14.0. The number of ketones is 2. The molecule has 0 aliphatic carbocycles. The molecule has 27 heavy (non-hydrogen) atoms. The number of aromatic nitrogens is 1. The SMILES string of the molecule is O=C(Cc1ccc(Cc2ccc(F)cc2)o1)C(=O)c1cc(C(=O)O)ccn1. The van der Waals surface area contributed by atoms with Crippen molar-refractivity contribution < 1.29 is 28.3 Å². The molecule has 2 heterocycles. The minimum atomic E-state index is -1.21. The number of rotatable bonds is 7. The highest BCUT2D eigenvalue weighted by atomic mass is 19.1. The maximum absolute atomic E-state index is 12.9. The molecule has 3 rings (SSSR count). The fourth-order valence-electron chi connectivity index (χ4n) is 2.48. The Morgan fingerprint density at radius 1 is 1.00 bits per heavy atom. The van der Waals surface area contributed by atoms with Gasteiger partial charge in [-0.3, -0.25) is 14.6 Å². The van der Waals surface area contributed by atoms with Crippen LogP contribution in [0.2, 0.25) is 0 Å².